The van der Waals surface area contributed by atoms with Crippen molar-refractivity contribution in [3.63, 3.8) is 0 Å². The van der Waals surface area contributed by atoms with Crippen LogP contribution in [0.4, 0.5) is 0 Å². The van der Waals surface area contributed by atoms with Crippen LogP contribution >= 0.6 is 11.6 Å². The van der Waals surface area contributed by atoms with Gasteiger partial charge in [0.25, 0.3) is 0 Å². The summed E-state index contributed by atoms with van der Waals surface area (Å²) in [6.45, 7) is 6.51. The van der Waals surface area contributed by atoms with E-state index in [2.05, 4.69) is 4.72 Å². The Bertz CT molecular complexity index is 529. The van der Waals surface area contributed by atoms with Gasteiger partial charge in [-0.1, -0.05) is 24.9 Å². The number of aryl methyl sites for hydroxylation is 1. The minimum absolute atomic E-state index is 0.206. The van der Waals surface area contributed by atoms with Gasteiger partial charge in [0.2, 0.25) is 10.0 Å². The van der Waals surface area contributed by atoms with Gasteiger partial charge in [0.05, 0.1) is 16.5 Å². The van der Waals surface area contributed by atoms with Crippen molar-refractivity contribution in [2.45, 2.75) is 38.5 Å². The highest BCUT2D eigenvalue weighted by atomic mass is 35.5. The molecule has 0 unspecified atom stereocenters. The molecule has 1 aromatic rings. The summed E-state index contributed by atoms with van der Waals surface area (Å²) in [5.74, 6) is 0.508. The van der Waals surface area contributed by atoms with E-state index in [1.807, 2.05) is 13.8 Å². The molecule has 0 aliphatic heterocycles. The maximum absolute atomic E-state index is 12.1. The molecule has 6 heteroatoms. The molecule has 0 atom stereocenters. The van der Waals surface area contributed by atoms with Crippen LogP contribution in [0, 0.1) is 6.92 Å². The van der Waals surface area contributed by atoms with Gasteiger partial charge >= 0.3 is 0 Å². The molecule has 0 fully saturated rings. The molecule has 1 aromatic carbocycles. The van der Waals surface area contributed by atoms with Crippen molar-refractivity contribution in [2.75, 3.05) is 13.2 Å². The minimum Gasteiger partial charge on any atom is -0.492 e. The summed E-state index contributed by atoms with van der Waals surface area (Å²) in [5.41, 5.74) is 0.622. The third-order valence-corrected chi connectivity index (χ3v) is 4.54. The van der Waals surface area contributed by atoms with Crippen LogP contribution in [0.5, 0.6) is 5.75 Å². The number of rotatable bonds is 7. The van der Waals surface area contributed by atoms with Crippen LogP contribution in [0.3, 0.4) is 0 Å². The summed E-state index contributed by atoms with van der Waals surface area (Å²) in [5, 5.41) is 0.309. The minimum atomic E-state index is -3.51. The second-order valence-electron chi connectivity index (χ2n) is 4.23. The Hall–Kier alpha value is -0.780. The molecule has 4 nitrogen and oxygen atoms in total. The SMILES string of the molecule is CCCCNS(=O)(=O)c1cc(Cl)c(OCC)cc1C. The number of nitrogens with one attached hydrogen (secondary N) is 1. The third-order valence-electron chi connectivity index (χ3n) is 2.64. The molecule has 0 bridgehead atoms. The number of unbranched alkanes of at least 4 members (excludes halogenated alkanes) is 1. The van der Waals surface area contributed by atoms with Crippen molar-refractivity contribution in [1.29, 1.82) is 0 Å². The second-order valence-corrected chi connectivity index (χ2v) is 6.38. The average molecular weight is 306 g/mol. The van der Waals surface area contributed by atoms with E-state index in [0.717, 1.165) is 12.8 Å². The molecule has 0 aliphatic rings. The predicted molar refractivity (Wildman–Crippen MR) is 77.5 cm³/mol. The second kappa shape index (κ2) is 7.12. The van der Waals surface area contributed by atoms with E-state index in [1.54, 1.807) is 13.0 Å². The zero-order valence-corrected chi connectivity index (χ0v) is 13.1. The smallest absolute Gasteiger partial charge is 0.240 e. The Labute approximate surface area is 120 Å². The molecule has 1 N–H and O–H groups in total. The van der Waals surface area contributed by atoms with E-state index in [-0.39, 0.29) is 4.90 Å². The summed E-state index contributed by atoms with van der Waals surface area (Å²) >= 11 is 6.03. The van der Waals surface area contributed by atoms with E-state index in [9.17, 15) is 8.42 Å². The third kappa shape index (κ3) is 4.37. The number of sulfonamides is 1. The zero-order valence-electron chi connectivity index (χ0n) is 11.5. The summed E-state index contributed by atoms with van der Waals surface area (Å²) in [7, 11) is -3.51. The number of hydrogen-bond acceptors (Lipinski definition) is 3. The Morgan fingerprint density at radius 3 is 2.58 bits per heavy atom. The van der Waals surface area contributed by atoms with Gasteiger partial charge in [-0.3, -0.25) is 0 Å². The van der Waals surface area contributed by atoms with Gasteiger partial charge in [0, 0.05) is 6.54 Å². The van der Waals surface area contributed by atoms with Gasteiger partial charge in [0.1, 0.15) is 5.75 Å². The Morgan fingerprint density at radius 2 is 2.00 bits per heavy atom. The summed E-state index contributed by atoms with van der Waals surface area (Å²) < 4.78 is 32.2. The lowest BCUT2D eigenvalue weighted by Gasteiger charge is -2.12. The van der Waals surface area contributed by atoms with Crippen LogP contribution in [0.25, 0.3) is 0 Å². The first-order chi connectivity index (χ1) is 8.92. The maximum atomic E-state index is 12.1. The van der Waals surface area contributed by atoms with Crippen molar-refractivity contribution in [2.24, 2.45) is 0 Å². The van der Waals surface area contributed by atoms with Crippen LogP contribution in [-0.2, 0) is 10.0 Å². The maximum Gasteiger partial charge on any atom is 0.240 e. The highest BCUT2D eigenvalue weighted by Crippen LogP contribution is 2.30. The van der Waals surface area contributed by atoms with Crippen molar-refractivity contribution >= 4 is 21.6 Å². The fraction of sp³-hybridized carbons (Fsp3) is 0.538. The van der Waals surface area contributed by atoms with Crippen molar-refractivity contribution in [3.05, 3.63) is 22.7 Å². The molecule has 0 heterocycles. The van der Waals surface area contributed by atoms with E-state index in [1.165, 1.54) is 6.07 Å². The molecule has 0 radical (unpaired) electrons. The lowest BCUT2D eigenvalue weighted by molar-refractivity contribution is 0.340. The van der Waals surface area contributed by atoms with Gasteiger partial charge < -0.3 is 4.74 Å². The van der Waals surface area contributed by atoms with Crippen LogP contribution in [0.15, 0.2) is 17.0 Å². The van der Waals surface area contributed by atoms with Gasteiger partial charge in [-0.15, -0.1) is 0 Å². The van der Waals surface area contributed by atoms with E-state index < -0.39 is 10.0 Å². The molecule has 19 heavy (non-hydrogen) atoms. The lowest BCUT2D eigenvalue weighted by Crippen LogP contribution is -2.25. The predicted octanol–water partition coefficient (Wildman–Crippen LogP) is 3.13. The Morgan fingerprint density at radius 1 is 1.32 bits per heavy atom. The summed E-state index contributed by atoms with van der Waals surface area (Å²) in [4.78, 5) is 0.206. The molecule has 0 aliphatic carbocycles. The fourth-order valence-electron chi connectivity index (χ4n) is 1.65. The van der Waals surface area contributed by atoms with Crippen LogP contribution in [0.2, 0.25) is 5.02 Å². The van der Waals surface area contributed by atoms with Crippen molar-refractivity contribution < 1.29 is 13.2 Å². The van der Waals surface area contributed by atoms with Crippen LogP contribution < -0.4 is 9.46 Å². The Balaban J connectivity index is 3.03. The normalized spacial score (nSPS) is 11.6. The number of benzene rings is 1. The van der Waals surface area contributed by atoms with Crippen molar-refractivity contribution in [1.82, 2.24) is 4.72 Å². The standard InChI is InChI=1S/C13H20ClNO3S/c1-4-6-7-15-19(16,17)13-9-11(14)12(18-5-2)8-10(13)3/h8-9,15H,4-7H2,1-3H3. The first-order valence-corrected chi connectivity index (χ1v) is 8.21. The highest BCUT2D eigenvalue weighted by Gasteiger charge is 2.18. The molecular weight excluding hydrogens is 286 g/mol. The van der Waals surface area contributed by atoms with Gasteiger partial charge in [-0.2, -0.15) is 0 Å². The fourth-order valence-corrected chi connectivity index (χ4v) is 3.26. The molecule has 0 saturated heterocycles. The largest absolute Gasteiger partial charge is 0.492 e. The van der Waals surface area contributed by atoms with Gasteiger partial charge in [-0.25, -0.2) is 13.1 Å². The molecule has 0 aromatic heterocycles. The zero-order chi connectivity index (χ0) is 14.5. The summed E-state index contributed by atoms with van der Waals surface area (Å²) in [6.07, 6.45) is 1.74. The first kappa shape index (κ1) is 16.3. The molecule has 1 rings (SSSR count). The van der Waals surface area contributed by atoms with Crippen LogP contribution in [0.1, 0.15) is 32.3 Å². The van der Waals surface area contributed by atoms with Gasteiger partial charge in [-0.05, 0) is 38.0 Å². The Kier molecular flexibility index (Phi) is 6.10. The topological polar surface area (TPSA) is 55.4 Å². The lowest BCUT2D eigenvalue weighted by atomic mass is 10.2. The van der Waals surface area contributed by atoms with Crippen molar-refractivity contribution in [3.8, 4) is 5.75 Å². The first-order valence-electron chi connectivity index (χ1n) is 6.35. The monoisotopic (exact) mass is 305 g/mol. The highest BCUT2D eigenvalue weighted by molar-refractivity contribution is 7.89. The number of hydrogen-bond donors (Lipinski definition) is 1. The quantitative estimate of drug-likeness (QED) is 0.787. The van der Waals surface area contributed by atoms with Gasteiger partial charge in [0.15, 0.2) is 0 Å². The molecular formula is C13H20ClNO3S. The number of ether oxygens (including phenoxy) is 1. The number of halogens is 1. The summed E-state index contributed by atoms with van der Waals surface area (Å²) in [6, 6.07) is 3.09. The average Bonchev–Trinajstić information content (AvgIpc) is 2.33. The molecule has 0 amide bonds. The van der Waals surface area contributed by atoms with Crippen LogP contribution in [-0.4, -0.2) is 21.6 Å². The molecule has 0 saturated carbocycles. The molecule has 0 spiro atoms. The van der Waals surface area contributed by atoms with E-state index >= 15 is 0 Å². The van der Waals surface area contributed by atoms with E-state index in [0.29, 0.717) is 29.5 Å². The van der Waals surface area contributed by atoms with E-state index in [4.69, 9.17) is 16.3 Å². The molecule has 108 valence electrons.